The van der Waals surface area contributed by atoms with Gasteiger partial charge in [0.2, 0.25) is 0 Å². The number of carbonyl (C=O) groups excluding carboxylic acids is 1. The number of carbonyl (C=O) groups is 1. The van der Waals surface area contributed by atoms with Gasteiger partial charge >= 0.3 is 6.03 Å². The molecule has 2 fully saturated rings. The third-order valence-electron chi connectivity index (χ3n) is 3.83. The number of rotatable bonds is 5. The van der Waals surface area contributed by atoms with E-state index in [1.54, 1.807) is 0 Å². The minimum atomic E-state index is -0.00567. The molecule has 2 rings (SSSR count). The molecular formula is C13H25N3O2. The first-order valence-electron chi connectivity index (χ1n) is 7.15. The van der Waals surface area contributed by atoms with Crippen molar-refractivity contribution in [3.8, 4) is 0 Å². The number of hydrogen-bond donors (Lipinski definition) is 2. The molecule has 18 heavy (non-hydrogen) atoms. The van der Waals surface area contributed by atoms with Crippen LogP contribution < -0.4 is 10.6 Å². The Hall–Kier alpha value is -0.810. The first-order chi connectivity index (χ1) is 8.79. The Morgan fingerprint density at radius 1 is 1.33 bits per heavy atom. The normalized spacial score (nSPS) is 28.5. The van der Waals surface area contributed by atoms with E-state index in [2.05, 4.69) is 22.5 Å². The second kappa shape index (κ2) is 6.95. The van der Waals surface area contributed by atoms with Gasteiger partial charge < -0.3 is 15.4 Å². The lowest BCUT2D eigenvalue weighted by molar-refractivity contribution is -0.00876. The van der Waals surface area contributed by atoms with E-state index in [1.807, 2.05) is 0 Å². The van der Waals surface area contributed by atoms with Gasteiger partial charge in [-0.25, -0.2) is 4.79 Å². The molecule has 0 spiro atoms. The van der Waals surface area contributed by atoms with Gasteiger partial charge in [0, 0.05) is 31.7 Å². The smallest absolute Gasteiger partial charge is 0.315 e. The van der Waals surface area contributed by atoms with Gasteiger partial charge in [-0.05, 0) is 19.3 Å². The topological polar surface area (TPSA) is 53.6 Å². The molecule has 5 heteroatoms. The molecule has 0 aromatic carbocycles. The molecule has 5 nitrogen and oxygen atoms in total. The molecule has 0 atom stereocenters. The first-order valence-corrected chi connectivity index (χ1v) is 7.15. The molecule has 1 heterocycles. The van der Waals surface area contributed by atoms with Crippen LogP contribution in [0.5, 0.6) is 0 Å². The van der Waals surface area contributed by atoms with E-state index < -0.39 is 0 Å². The average molecular weight is 255 g/mol. The van der Waals surface area contributed by atoms with Crippen molar-refractivity contribution < 1.29 is 9.53 Å². The van der Waals surface area contributed by atoms with Crippen molar-refractivity contribution in [1.82, 2.24) is 15.5 Å². The van der Waals surface area contributed by atoms with E-state index in [9.17, 15) is 4.79 Å². The molecule has 0 aromatic rings. The quantitative estimate of drug-likeness (QED) is 0.719. The zero-order valence-corrected chi connectivity index (χ0v) is 11.3. The third-order valence-corrected chi connectivity index (χ3v) is 3.83. The van der Waals surface area contributed by atoms with Crippen molar-refractivity contribution in [3.05, 3.63) is 0 Å². The highest BCUT2D eigenvalue weighted by molar-refractivity contribution is 5.74. The molecule has 1 saturated carbocycles. The summed E-state index contributed by atoms with van der Waals surface area (Å²) in [5, 5.41) is 5.93. The van der Waals surface area contributed by atoms with Crippen LogP contribution in [0.15, 0.2) is 0 Å². The summed E-state index contributed by atoms with van der Waals surface area (Å²) in [5.41, 5.74) is 0. The van der Waals surface area contributed by atoms with Crippen LogP contribution in [-0.4, -0.2) is 55.9 Å². The lowest BCUT2D eigenvalue weighted by Crippen LogP contribution is -2.57. The van der Waals surface area contributed by atoms with Gasteiger partial charge in [-0.1, -0.05) is 13.3 Å². The Kier molecular flexibility index (Phi) is 5.26. The Labute approximate surface area is 109 Å². The van der Waals surface area contributed by atoms with Crippen LogP contribution >= 0.6 is 0 Å². The maximum absolute atomic E-state index is 11.5. The molecular weight excluding hydrogens is 230 g/mol. The number of nitrogens with one attached hydrogen (secondary N) is 2. The van der Waals surface area contributed by atoms with Gasteiger partial charge in [0.05, 0.1) is 13.2 Å². The highest BCUT2D eigenvalue weighted by Gasteiger charge is 2.34. The van der Waals surface area contributed by atoms with Gasteiger partial charge in [0.25, 0.3) is 0 Å². The van der Waals surface area contributed by atoms with Gasteiger partial charge in [-0.2, -0.15) is 0 Å². The molecule has 0 aromatic heterocycles. The van der Waals surface area contributed by atoms with Crippen LogP contribution in [0, 0.1) is 0 Å². The Morgan fingerprint density at radius 2 is 2.06 bits per heavy atom. The second-order valence-corrected chi connectivity index (χ2v) is 5.22. The number of hydrogen-bond acceptors (Lipinski definition) is 3. The number of morpholine rings is 1. The monoisotopic (exact) mass is 255 g/mol. The molecule has 0 bridgehead atoms. The summed E-state index contributed by atoms with van der Waals surface area (Å²) in [7, 11) is 0. The van der Waals surface area contributed by atoms with Crippen molar-refractivity contribution >= 4 is 6.03 Å². The largest absolute Gasteiger partial charge is 0.379 e. The predicted molar refractivity (Wildman–Crippen MR) is 70.6 cm³/mol. The van der Waals surface area contributed by atoms with Crippen LogP contribution in [0.3, 0.4) is 0 Å². The fraction of sp³-hybridized carbons (Fsp3) is 0.923. The van der Waals surface area contributed by atoms with Crippen molar-refractivity contribution in [3.63, 3.8) is 0 Å². The van der Waals surface area contributed by atoms with Crippen molar-refractivity contribution in [2.24, 2.45) is 0 Å². The molecule has 0 radical (unpaired) electrons. The zero-order valence-electron chi connectivity index (χ0n) is 11.3. The highest BCUT2D eigenvalue weighted by Crippen LogP contribution is 2.26. The van der Waals surface area contributed by atoms with E-state index in [1.165, 1.54) is 0 Å². The van der Waals surface area contributed by atoms with E-state index in [-0.39, 0.29) is 6.03 Å². The van der Waals surface area contributed by atoms with Gasteiger partial charge in [-0.3, -0.25) is 4.90 Å². The summed E-state index contributed by atoms with van der Waals surface area (Å²) in [5.74, 6) is 0. The van der Waals surface area contributed by atoms with Crippen LogP contribution in [0.2, 0.25) is 0 Å². The number of ether oxygens (including phenoxy) is 1. The van der Waals surface area contributed by atoms with Crippen molar-refractivity contribution in [1.29, 1.82) is 0 Å². The third kappa shape index (κ3) is 3.85. The van der Waals surface area contributed by atoms with E-state index in [4.69, 9.17) is 4.74 Å². The Bertz CT molecular complexity index is 261. The molecule has 1 aliphatic heterocycles. The summed E-state index contributed by atoms with van der Waals surface area (Å²) in [6.45, 7) is 6.69. The Morgan fingerprint density at radius 3 is 2.72 bits per heavy atom. The van der Waals surface area contributed by atoms with Gasteiger partial charge in [-0.15, -0.1) is 0 Å². The fourth-order valence-electron chi connectivity index (χ4n) is 2.56. The van der Waals surface area contributed by atoms with Gasteiger partial charge in [0.15, 0.2) is 0 Å². The highest BCUT2D eigenvalue weighted by atomic mass is 16.5. The van der Waals surface area contributed by atoms with Crippen molar-refractivity contribution in [2.45, 2.75) is 44.7 Å². The maximum atomic E-state index is 11.5. The summed E-state index contributed by atoms with van der Waals surface area (Å²) >= 11 is 0. The predicted octanol–water partition coefficient (Wildman–Crippen LogP) is 0.949. The summed E-state index contributed by atoms with van der Waals surface area (Å²) in [4.78, 5) is 14.0. The Balaban J connectivity index is 1.56. The maximum Gasteiger partial charge on any atom is 0.315 e. The fourth-order valence-corrected chi connectivity index (χ4v) is 2.56. The van der Waals surface area contributed by atoms with E-state index in [0.717, 1.165) is 58.5 Å². The average Bonchev–Trinajstić information content (AvgIpc) is 2.35. The minimum Gasteiger partial charge on any atom is -0.379 e. The zero-order chi connectivity index (χ0) is 12.8. The second-order valence-electron chi connectivity index (χ2n) is 5.22. The van der Waals surface area contributed by atoms with E-state index >= 15 is 0 Å². The number of amides is 2. The number of nitrogens with zero attached hydrogens (tertiary/aromatic N) is 1. The van der Waals surface area contributed by atoms with Crippen LogP contribution in [-0.2, 0) is 4.74 Å². The number of unbranched alkanes of at least 4 members (excludes halogenated alkanes) is 1. The SMILES string of the molecule is CCCCNC(=O)NC1CC(N2CCOCC2)C1. The van der Waals surface area contributed by atoms with E-state index in [0.29, 0.717) is 12.1 Å². The molecule has 1 aliphatic carbocycles. The molecule has 1 saturated heterocycles. The van der Waals surface area contributed by atoms with Gasteiger partial charge in [0.1, 0.15) is 0 Å². The summed E-state index contributed by atoms with van der Waals surface area (Å²) in [6, 6.07) is 1.00. The van der Waals surface area contributed by atoms with Crippen LogP contribution in [0.4, 0.5) is 4.79 Å². The van der Waals surface area contributed by atoms with Crippen LogP contribution in [0.1, 0.15) is 32.6 Å². The lowest BCUT2D eigenvalue weighted by atomic mass is 9.85. The molecule has 2 N–H and O–H groups in total. The molecule has 2 aliphatic rings. The van der Waals surface area contributed by atoms with Crippen LogP contribution in [0.25, 0.3) is 0 Å². The van der Waals surface area contributed by atoms with Crippen molar-refractivity contribution in [2.75, 3.05) is 32.8 Å². The lowest BCUT2D eigenvalue weighted by Gasteiger charge is -2.44. The first kappa shape index (κ1) is 13.6. The molecule has 2 amide bonds. The summed E-state index contributed by atoms with van der Waals surface area (Å²) < 4.78 is 5.34. The number of urea groups is 1. The minimum absolute atomic E-state index is 0.00567. The molecule has 104 valence electrons. The molecule has 0 unspecified atom stereocenters. The summed E-state index contributed by atoms with van der Waals surface area (Å²) in [6.07, 6.45) is 4.33. The standard InChI is InChI=1S/C13H25N3O2/c1-2-3-4-14-13(17)15-11-9-12(10-11)16-5-7-18-8-6-16/h11-12H,2-10H2,1H3,(H2,14,15,17).